The smallest absolute Gasteiger partial charge is 0.337 e. The van der Waals surface area contributed by atoms with Crippen LogP contribution in [-0.4, -0.2) is 73.9 Å². The van der Waals surface area contributed by atoms with E-state index in [4.69, 9.17) is 9.47 Å². The molecule has 2 aromatic rings. The summed E-state index contributed by atoms with van der Waals surface area (Å²) < 4.78 is 11.3. The Hall–Kier alpha value is -3.45. The maximum absolute atomic E-state index is 12.6. The highest BCUT2D eigenvalue weighted by atomic mass is 16.5. The van der Waals surface area contributed by atoms with Crippen molar-refractivity contribution in [3.63, 3.8) is 0 Å². The lowest BCUT2D eigenvalue weighted by Gasteiger charge is -2.48. The number of ether oxygens (including phenoxy) is 2. The van der Waals surface area contributed by atoms with Crippen LogP contribution in [0.2, 0.25) is 0 Å². The van der Waals surface area contributed by atoms with E-state index in [1.54, 1.807) is 35.2 Å². The summed E-state index contributed by atoms with van der Waals surface area (Å²) in [5.41, 5.74) is 2.44. The van der Waals surface area contributed by atoms with Gasteiger partial charge in [-0.25, -0.2) is 4.79 Å². The summed E-state index contributed by atoms with van der Waals surface area (Å²) in [4.78, 5) is 26.5. The van der Waals surface area contributed by atoms with E-state index in [2.05, 4.69) is 16.7 Å². The molecule has 1 fully saturated rings. The van der Waals surface area contributed by atoms with Crippen LogP contribution in [0.1, 0.15) is 58.8 Å². The third kappa shape index (κ3) is 6.51. The summed E-state index contributed by atoms with van der Waals surface area (Å²) in [6.07, 6.45) is 3.22. The molecule has 9 nitrogen and oxygen atoms in total. The molecule has 0 saturated heterocycles. The van der Waals surface area contributed by atoms with E-state index in [9.17, 15) is 20.0 Å². The van der Waals surface area contributed by atoms with E-state index in [1.807, 2.05) is 26.2 Å². The minimum Gasteiger partial charge on any atom is -0.487 e. The predicted octanol–water partition coefficient (Wildman–Crippen LogP) is 2.33. The van der Waals surface area contributed by atoms with Gasteiger partial charge in [0.1, 0.15) is 11.4 Å². The van der Waals surface area contributed by atoms with Crippen LogP contribution in [0.4, 0.5) is 0 Å². The predicted molar refractivity (Wildman–Crippen MR) is 142 cm³/mol. The highest BCUT2D eigenvalue weighted by Gasteiger charge is 2.45. The highest BCUT2D eigenvalue weighted by Crippen LogP contribution is 2.49. The zero-order valence-electron chi connectivity index (χ0n) is 22.2. The third-order valence-corrected chi connectivity index (χ3v) is 7.33. The number of aliphatic hydroxyl groups is 1. The molecule has 202 valence electrons. The zero-order chi connectivity index (χ0) is 27.3. The minimum absolute atomic E-state index is 0.140. The van der Waals surface area contributed by atoms with Crippen molar-refractivity contribution in [3.05, 3.63) is 64.7 Å². The standard InChI is InChI=1S/C29H36N4O5/c1-33(2)18-27(35)32-23(13-19-6-4-7-20(12-19)16-30)25(34)17-31-24-15-29(10-5-11-29)38-26-9-8-21(14-22(24)26)28(36)37-3/h4,6-9,12,14,23-25,31,34H,5,10-11,13,15,17-18H2,1-3H3,(H,32,35)/t23-,24-,25+/m0/s1. The Morgan fingerprint density at radius 2 is 2.05 bits per heavy atom. The molecule has 1 aliphatic heterocycles. The lowest BCUT2D eigenvalue weighted by molar-refractivity contribution is -0.123. The Balaban J connectivity index is 1.52. The first-order chi connectivity index (χ1) is 18.2. The number of carbonyl (C=O) groups excluding carboxylic acids is 2. The van der Waals surface area contributed by atoms with Gasteiger partial charge < -0.3 is 30.1 Å². The molecule has 2 aromatic carbocycles. The van der Waals surface area contributed by atoms with Crippen molar-refractivity contribution in [2.75, 3.05) is 34.3 Å². The van der Waals surface area contributed by atoms with Gasteiger partial charge in [0.15, 0.2) is 0 Å². The number of hydrogen-bond donors (Lipinski definition) is 3. The molecule has 4 rings (SSSR count). The molecular weight excluding hydrogens is 484 g/mol. The topological polar surface area (TPSA) is 124 Å². The number of carbonyl (C=O) groups is 2. The number of rotatable bonds is 10. The van der Waals surface area contributed by atoms with Gasteiger partial charge in [0, 0.05) is 24.6 Å². The zero-order valence-corrected chi connectivity index (χ0v) is 22.2. The fraction of sp³-hybridized carbons (Fsp3) is 0.483. The molecule has 1 aliphatic carbocycles. The average molecular weight is 521 g/mol. The number of nitrogens with zero attached hydrogens (tertiary/aromatic N) is 2. The first kappa shape index (κ1) is 27.6. The molecule has 0 bridgehead atoms. The average Bonchev–Trinajstić information content (AvgIpc) is 2.89. The van der Waals surface area contributed by atoms with Gasteiger partial charge in [-0.15, -0.1) is 0 Å². The van der Waals surface area contributed by atoms with Gasteiger partial charge in [-0.2, -0.15) is 5.26 Å². The second kappa shape index (κ2) is 11.9. The van der Waals surface area contributed by atoms with Crippen molar-refractivity contribution in [3.8, 4) is 11.8 Å². The van der Waals surface area contributed by atoms with Crippen molar-refractivity contribution in [1.29, 1.82) is 5.26 Å². The minimum atomic E-state index is -0.903. The number of esters is 1. The molecule has 1 amide bonds. The van der Waals surface area contributed by atoms with Gasteiger partial charge in [-0.1, -0.05) is 12.1 Å². The molecule has 2 aliphatic rings. The number of hydrogen-bond acceptors (Lipinski definition) is 8. The number of benzene rings is 2. The molecule has 9 heteroatoms. The molecule has 0 unspecified atom stereocenters. The summed E-state index contributed by atoms with van der Waals surface area (Å²) in [6.45, 7) is 0.411. The lowest BCUT2D eigenvalue weighted by Crippen LogP contribution is -2.53. The summed E-state index contributed by atoms with van der Waals surface area (Å²) in [5.74, 6) is 0.126. The Morgan fingerprint density at radius 1 is 1.26 bits per heavy atom. The Morgan fingerprint density at radius 3 is 2.71 bits per heavy atom. The first-order valence-corrected chi connectivity index (χ1v) is 13.0. The van der Waals surface area contributed by atoms with E-state index in [1.165, 1.54) is 7.11 Å². The van der Waals surface area contributed by atoms with E-state index in [0.29, 0.717) is 17.5 Å². The van der Waals surface area contributed by atoms with E-state index in [0.717, 1.165) is 42.6 Å². The second-order valence-electron chi connectivity index (χ2n) is 10.5. The molecule has 3 N–H and O–H groups in total. The van der Waals surface area contributed by atoms with Crippen molar-refractivity contribution < 1.29 is 24.2 Å². The van der Waals surface area contributed by atoms with E-state index >= 15 is 0 Å². The largest absolute Gasteiger partial charge is 0.487 e. The summed E-state index contributed by atoms with van der Waals surface area (Å²) >= 11 is 0. The van der Waals surface area contributed by atoms with Gasteiger partial charge in [-0.05, 0) is 75.7 Å². The number of amides is 1. The maximum atomic E-state index is 12.6. The highest BCUT2D eigenvalue weighted by molar-refractivity contribution is 5.89. The third-order valence-electron chi connectivity index (χ3n) is 7.33. The Kier molecular flexibility index (Phi) is 8.67. The molecule has 38 heavy (non-hydrogen) atoms. The number of nitriles is 1. The van der Waals surface area contributed by atoms with E-state index in [-0.39, 0.29) is 30.6 Å². The van der Waals surface area contributed by atoms with Crippen LogP contribution in [-0.2, 0) is 16.0 Å². The number of aliphatic hydroxyl groups excluding tert-OH is 1. The van der Waals surface area contributed by atoms with Crippen LogP contribution in [0.5, 0.6) is 5.75 Å². The summed E-state index contributed by atoms with van der Waals surface area (Å²) in [7, 11) is 4.97. The molecule has 0 aromatic heterocycles. The number of likely N-dealkylation sites (N-methyl/N-ethyl adjacent to an activating group) is 1. The van der Waals surface area contributed by atoms with Crippen molar-refractivity contribution in [2.24, 2.45) is 0 Å². The van der Waals surface area contributed by atoms with Crippen LogP contribution in [0.15, 0.2) is 42.5 Å². The molecule has 1 spiro atoms. The first-order valence-electron chi connectivity index (χ1n) is 13.0. The molecule has 0 radical (unpaired) electrons. The number of fused-ring (bicyclic) bond motifs is 1. The molecule has 1 heterocycles. The molecule has 1 saturated carbocycles. The monoisotopic (exact) mass is 520 g/mol. The fourth-order valence-electron chi connectivity index (χ4n) is 5.22. The van der Waals surface area contributed by atoms with Crippen molar-refractivity contribution in [2.45, 2.75) is 55.9 Å². The molecular formula is C29H36N4O5. The Labute approximate surface area is 223 Å². The second-order valence-corrected chi connectivity index (χ2v) is 10.5. The van der Waals surface area contributed by atoms with Crippen LogP contribution in [0.25, 0.3) is 0 Å². The lowest BCUT2D eigenvalue weighted by atomic mass is 9.72. The van der Waals surface area contributed by atoms with Crippen LogP contribution >= 0.6 is 0 Å². The van der Waals surface area contributed by atoms with E-state index < -0.39 is 18.1 Å². The van der Waals surface area contributed by atoms with Gasteiger partial charge >= 0.3 is 5.97 Å². The molecule has 3 atom stereocenters. The van der Waals surface area contributed by atoms with Crippen molar-refractivity contribution in [1.82, 2.24) is 15.5 Å². The summed E-state index contributed by atoms with van der Waals surface area (Å²) in [5, 5.41) is 27.0. The summed E-state index contributed by atoms with van der Waals surface area (Å²) in [6, 6.07) is 13.9. The quantitative estimate of drug-likeness (QED) is 0.408. The normalized spacial score (nSPS) is 18.9. The Bertz CT molecular complexity index is 1200. The number of methoxy groups -OCH3 is 1. The fourth-order valence-corrected chi connectivity index (χ4v) is 5.22. The SMILES string of the molecule is COC(=O)c1ccc2c(c1)[C@@H](NC[C@@H](O)[C@H](Cc1cccc(C#N)c1)NC(=O)CN(C)C)CC1(CCC1)O2. The van der Waals surface area contributed by atoms with Crippen LogP contribution in [0, 0.1) is 11.3 Å². The van der Waals surface area contributed by atoms with Gasteiger partial charge in [0.25, 0.3) is 0 Å². The van der Waals surface area contributed by atoms with Gasteiger partial charge in [-0.3, -0.25) is 4.79 Å². The van der Waals surface area contributed by atoms with Crippen LogP contribution in [0.3, 0.4) is 0 Å². The van der Waals surface area contributed by atoms with Gasteiger partial charge in [0.2, 0.25) is 5.91 Å². The van der Waals surface area contributed by atoms with Gasteiger partial charge in [0.05, 0.1) is 43.0 Å². The van der Waals surface area contributed by atoms with Crippen molar-refractivity contribution >= 4 is 11.9 Å². The van der Waals surface area contributed by atoms with Crippen LogP contribution < -0.4 is 15.4 Å². The maximum Gasteiger partial charge on any atom is 0.337 e. The number of nitrogens with one attached hydrogen (secondary N) is 2.